The van der Waals surface area contributed by atoms with Gasteiger partial charge in [0, 0.05) is 13.0 Å². The van der Waals surface area contributed by atoms with Crippen LogP contribution in [-0.4, -0.2) is 89.6 Å². The summed E-state index contributed by atoms with van der Waals surface area (Å²) in [7, 11) is 0. The standard InChI is InChI=1S/C39H74O9/c1-3-5-7-9-11-13-14-15-16-17-18-19-20-21-23-25-27-29-45-31-33(47-35(41)28-26-24-22-12-10-8-6-4-2)32-46-39-38(44)37(43)36(42)34(30-40)48-39/h16-17,33-34,36-40,42-44H,3-15,18-32H2,1-2H3/b17-16-. The molecule has 0 aromatic rings. The molecule has 0 bridgehead atoms. The van der Waals surface area contributed by atoms with E-state index in [0.29, 0.717) is 13.0 Å². The first kappa shape index (κ1) is 45.0. The zero-order chi connectivity index (χ0) is 35.1. The van der Waals surface area contributed by atoms with Gasteiger partial charge in [-0.1, -0.05) is 135 Å². The lowest BCUT2D eigenvalue weighted by molar-refractivity contribution is -0.305. The van der Waals surface area contributed by atoms with Gasteiger partial charge < -0.3 is 39.4 Å². The molecule has 0 amide bonds. The van der Waals surface area contributed by atoms with Crippen LogP contribution in [0.1, 0.15) is 168 Å². The summed E-state index contributed by atoms with van der Waals surface area (Å²) >= 11 is 0. The number of allylic oxidation sites excluding steroid dienone is 2. The van der Waals surface area contributed by atoms with Crippen LogP contribution in [0.3, 0.4) is 0 Å². The Morgan fingerprint density at radius 2 is 1.15 bits per heavy atom. The number of aliphatic hydroxyl groups excluding tert-OH is 4. The van der Waals surface area contributed by atoms with Gasteiger partial charge in [0.25, 0.3) is 0 Å². The van der Waals surface area contributed by atoms with Crippen LogP contribution in [0.4, 0.5) is 0 Å². The molecular formula is C39H74O9. The molecule has 6 atom stereocenters. The summed E-state index contributed by atoms with van der Waals surface area (Å²) < 4.78 is 22.7. The number of ether oxygens (including phenoxy) is 4. The van der Waals surface area contributed by atoms with Crippen LogP contribution in [0.5, 0.6) is 0 Å². The molecule has 284 valence electrons. The van der Waals surface area contributed by atoms with E-state index in [4.69, 9.17) is 18.9 Å². The molecule has 1 saturated heterocycles. The minimum absolute atomic E-state index is 0.112. The number of carbonyl (C=O) groups is 1. The molecular weight excluding hydrogens is 612 g/mol. The van der Waals surface area contributed by atoms with E-state index in [1.54, 1.807) is 0 Å². The third-order valence-corrected chi connectivity index (χ3v) is 9.18. The summed E-state index contributed by atoms with van der Waals surface area (Å²) in [4.78, 5) is 12.6. The summed E-state index contributed by atoms with van der Waals surface area (Å²) in [5.41, 5.74) is 0. The molecule has 48 heavy (non-hydrogen) atoms. The summed E-state index contributed by atoms with van der Waals surface area (Å²) in [5.74, 6) is -0.320. The van der Waals surface area contributed by atoms with E-state index in [9.17, 15) is 25.2 Å². The normalized spacial score (nSPS) is 22.0. The van der Waals surface area contributed by atoms with E-state index in [1.165, 1.54) is 116 Å². The SMILES string of the molecule is CCCCCCCCC/C=C\CCCCCCCCOCC(COC1OC(CO)C(O)C(O)C1O)OC(=O)CCCCCCCCCC. The lowest BCUT2D eigenvalue weighted by atomic mass is 9.99. The van der Waals surface area contributed by atoms with Gasteiger partial charge in [0.15, 0.2) is 6.29 Å². The van der Waals surface area contributed by atoms with Gasteiger partial charge in [0.1, 0.15) is 30.5 Å². The molecule has 1 fully saturated rings. The van der Waals surface area contributed by atoms with Crippen molar-refractivity contribution in [2.45, 2.75) is 205 Å². The van der Waals surface area contributed by atoms with Crippen LogP contribution in [0.25, 0.3) is 0 Å². The van der Waals surface area contributed by atoms with E-state index < -0.39 is 43.4 Å². The van der Waals surface area contributed by atoms with Crippen molar-refractivity contribution >= 4 is 5.97 Å². The molecule has 0 radical (unpaired) electrons. The molecule has 9 nitrogen and oxygen atoms in total. The average molecular weight is 687 g/mol. The summed E-state index contributed by atoms with van der Waals surface area (Å²) in [6.45, 7) is 4.51. The Morgan fingerprint density at radius 3 is 1.69 bits per heavy atom. The van der Waals surface area contributed by atoms with Gasteiger partial charge >= 0.3 is 5.97 Å². The molecule has 0 aromatic heterocycles. The van der Waals surface area contributed by atoms with Gasteiger partial charge in [0.2, 0.25) is 0 Å². The number of esters is 1. The third-order valence-electron chi connectivity index (χ3n) is 9.18. The molecule has 1 heterocycles. The van der Waals surface area contributed by atoms with E-state index >= 15 is 0 Å². The maximum Gasteiger partial charge on any atom is 0.306 e. The van der Waals surface area contributed by atoms with Crippen LogP contribution in [-0.2, 0) is 23.7 Å². The average Bonchev–Trinajstić information content (AvgIpc) is 3.08. The van der Waals surface area contributed by atoms with E-state index in [2.05, 4.69) is 26.0 Å². The fraction of sp³-hybridized carbons (Fsp3) is 0.923. The van der Waals surface area contributed by atoms with Crippen molar-refractivity contribution in [2.75, 3.05) is 26.4 Å². The van der Waals surface area contributed by atoms with Crippen LogP contribution in [0.15, 0.2) is 12.2 Å². The minimum atomic E-state index is -1.53. The Balaban J connectivity index is 2.27. The van der Waals surface area contributed by atoms with Gasteiger partial charge in [-0.05, 0) is 38.5 Å². The number of unbranched alkanes of at least 4 members (excludes halogenated alkanes) is 20. The van der Waals surface area contributed by atoms with Crippen LogP contribution >= 0.6 is 0 Å². The highest BCUT2D eigenvalue weighted by atomic mass is 16.7. The predicted octanol–water partition coefficient (Wildman–Crippen LogP) is 7.69. The highest BCUT2D eigenvalue weighted by Crippen LogP contribution is 2.22. The number of hydrogen-bond donors (Lipinski definition) is 4. The van der Waals surface area contributed by atoms with E-state index in [0.717, 1.165) is 32.1 Å². The summed E-state index contributed by atoms with van der Waals surface area (Å²) in [6.07, 6.45) is 25.3. The number of hydrogen-bond acceptors (Lipinski definition) is 9. The molecule has 0 aromatic carbocycles. The molecule has 0 saturated carbocycles. The second-order valence-electron chi connectivity index (χ2n) is 13.7. The Kier molecular flexibility index (Phi) is 29.9. The first-order valence-electron chi connectivity index (χ1n) is 19.8. The van der Waals surface area contributed by atoms with Crippen molar-refractivity contribution < 1.29 is 44.2 Å². The molecule has 0 aliphatic carbocycles. The van der Waals surface area contributed by atoms with Gasteiger partial charge in [-0.15, -0.1) is 0 Å². The van der Waals surface area contributed by atoms with Crippen molar-refractivity contribution in [1.29, 1.82) is 0 Å². The second-order valence-corrected chi connectivity index (χ2v) is 13.7. The molecule has 1 aliphatic rings. The smallest absolute Gasteiger partial charge is 0.306 e. The van der Waals surface area contributed by atoms with Gasteiger partial charge in [0.05, 0.1) is 19.8 Å². The number of rotatable bonds is 33. The zero-order valence-electron chi connectivity index (χ0n) is 30.7. The van der Waals surface area contributed by atoms with Crippen molar-refractivity contribution in [3.8, 4) is 0 Å². The van der Waals surface area contributed by atoms with Crippen molar-refractivity contribution in [2.24, 2.45) is 0 Å². The Labute approximate surface area is 293 Å². The van der Waals surface area contributed by atoms with Crippen molar-refractivity contribution in [3.05, 3.63) is 12.2 Å². The molecule has 0 spiro atoms. The highest BCUT2D eigenvalue weighted by molar-refractivity contribution is 5.69. The number of carbonyl (C=O) groups excluding carboxylic acids is 1. The molecule has 6 unspecified atom stereocenters. The van der Waals surface area contributed by atoms with Crippen LogP contribution < -0.4 is 0 Å². The van der Waals surface area contributed by atoms with E-state index in [-0.39, 0.29) is 19.2 Å². The first-order valence-corrected chi connectivity index (χ1v) is 19.8. The van der Waals surface area contributed by atoms with E-state index in [1.807, 2.05) is 0 Å². The number of aliphatic hydroxyl groups is 4. The van der Waals surface area contributed by atoms with Crippen molar-refractivity contribution in [1.82, 2.24) is 0 Å². The lowest BCUT2D eigenvalue weighted by Gasteiger charge is -2.39. The quantitative estimate of drug-likeness (QED) is 0.0311. The van der Waals surface area contributed by atoms with Crippen LogP contribution in [0, 0.1) is 0 Å². The maximum atomic E-state index is 12.6. The third kappa shape index (κ3) is 23.4. The Bertz CT molecular complexity index is 747. The second kappa shape index (κ2) is 31.9. The summed E-state index contributed by atoms with van der Waals surface area (Å²) in [5, 5.41) is 39.9. The first-order chi connectivity index (χ1) is 23.4. The molecule has 1 aliphatic heterocycles. The molecule has 4 N–H and O–H groups in total. The van der Waals surface area contributed by atoms with Gasteiger partial charge in [-0.3, -0.25) is 4.79 Å². The highest BCUT2D eigenvalue weighted by Gasteiger charge is 2.44. The van der Waals surface area contributed by atoms with Gasteiger partial charge in [-0.2, -0.15) is 0 Å². The fourth-order valence-electron chi connectivity index (χ4n) is 6.01. The monoisotopic (exact) mass is 687 g/mol. The summed E-state index contributed by atoms with van der Waals surface area (Å²) in [6, 6.07) is 0. The zero-order valence-corrected chi connectivity index (χ0v) is 30.7. The fourth-order valence-corrected chi connectivity index (χ4v) is 6.01. The van der Waals surface area contributed by atoms with Crippen LogP contribution in [0.2, 0.25) is 0 Å². The molecule has 9 heteroatoms. The van der Waals surface area contributed by atoms with Gasteiger partial charge in [-0.25, -0.2) is 0 Å². The topological polar surface area (TPSA) is 135 Å². The predicted molar refractivity (Wildman–Crippen MR) is 192 cm³/mol. The minimum Gasteiger partial charge on any atom is -0.457 e. The maximum absolute atomic E-state index is 12.6. The molecule has 1 rings (SSSR count). The Hall–Kier alpha value is -1.07. The largest absolute Gasteiger partial charge is 0.457 e. The lowest BCUT2D eigenvalue weighted by Crippen LogP contribution is -2.59. The Morgan fingerprint density at radius 1 is 0.646 bits per heavy atom. The van der Waals surface area contributed by atoms with Crippen molar-refractivity contribution in [3.63, 3.8) is 0 Å².